The Hall–Kier alpha value is -1.39. The smallest absolute Gasteiger partial charge is 0.223 e. The van der Waals surface area contributed by atoms with Crippen molar-refractivity contribution in [2.24, 2.45) is 0 Å². The number of benzene rings is 1. The van der Waals surface area contributed by atoms with E-state index in [-0.39, 0.29) is 18.1 Å². The average molecular weight is 220 g/mol. The van der Waals surface area contributed by atoms with E-state index in [2.05, 4.69) is 10.6 Å². The quantitative estimate of drug-likeness (QED) is 0.792. The topological polar surface area (TPSA) is 50.4 Å². The summed E-state index contributed by atoms with van der Waals surface area (Å²) in [5, 5.41) is 6.26. The van der Waals surface area contributed by atoms with Gasteiger partial charge in [-0.3, -0.25) is 10.1 Å². The minimum atomic E-state index is -0.109. The number of nitrogens with one attached hydrogen (secondary N) is 2. The van der Waals surface area contributed by atoms with Crippen LogP contribution in [0.1, 0.15) is 18.2 Å². The molecule has 4 nitrogen and oxygen atoms in total. The van der Waals surface area contributed by atoms with E-state index in [1.54, 1.807) is 7.11 Å². The molecule has 0 aromatic heterocycles. The molecule has 16 heavy (non-hydrogen) atoms. The number of rotatable bonds is 3. The molecule has 2 N–H and O–H groups in total. The van der Waals surface area contributed by atoms with Crippen LogP contribution in [0.25, 0.3) is 0 Å². The molecule has 86 valence electrons. The van der Waals surface area contributed by atoms with Crippen molar-refractivity contribution in [3.8, 4) is 0 Å². The van der Waals surface area contributed by atoms with E-state index in [9.17, 15) is 4.79 Å². The largest absolute Gasteiger partial charge is 0.383 e. The fourth-order valence-corrected chi connectivity index (χ4v) is 1.91. The molecule has 1 aliphatic heterocycles. The summed E-state index contributed by atoms with van der Waals surface area (Å²) in [5.41, 5.74) is 1.07. The third kappa shape index (κ3) is 2.59. The lowest BCUT2D eigenvalue weighted by molar-refractivity contribution is -0.125. The molecule has 1 fully saturated rings. The van der Waals surface area contributed by atoms with Gasteiger partial charge in [0.15, 0.2) is 0 Å². The molecular weight excluding hydrogens is 204 g/mol. The molecule has 4 heteroatoms. The van der Waals surface area contributed by atoms with E-state index in [1.165, 1.54) is 0 Å². The van der Waals surface area contributed by atoms with Crippen molar-refractivity contribution in [2.75, 3.05) is 13.7 Å². The van der Waals surface area contributed by atoms with Crippen molar-refractivity contribution in [1.29, 1.82) is 0 Å². The Morgan fingerprint density at radius 1 is 1.38 bits per heavy atom. The maximum absolute atomic E-state index is 11.5. The van der Waals surface area contributed by atoms with Gasteiger partial charge in [-0.1, -0.05) is 30.3 Å². The van der Waals surface area contributed by atoms with Gasteiger partial charge < -0.3 is 10.1 Å². The second-order valence-corrected chi connectivity index (χ2v) is 3.93. The molecule has 2 unspecified atom stereocenters. The van der Waals surface area contributed by atoms with Crippen molar-refractivity contribution in [3.63, 3.8) is 0 Å². The predicted molar refractivity (Wildman–Crippen MR) is 60.7 cm³/mol. The highest BCUT2D eigenvalue weighted by Gasteiger charge is 2.26. The van der Waals surface area contributed by atoms with Crippen LogP contribution in [0, 0.1) is 0 Å². The summed E-state index contributed by atoms with van der Waals surface area (Å²) in [6.07, 6.45) is 0.361. The third-order valence-electron chi connectivity index (χ3n) is 2.64. The van der Waals surface area contributed by atoms with Crippen LogP contribution in [0.3, 0.4) is 0 Å². The molecule has 0 radical (unpaired) electrons. The second-order valence-electron chi connectivity index (χ2n) is 3.93. The van der Waals surface area contributed by atoms with Crippen LogP contribution in [0.15, 0.2) is 30.3 Å². The minimum absolute atomic E-state index is 0.0645. The molecular formula is C12H16N2O2. The van der Waals surface area contributed by atoms with E-state index in [4.69, 9.17) is 4.74 Å². The summed E-state index contributed by atoms with van der Waals surface area (Å²) in [5.74, 6) is 0.0645. The van der Waals surface area contributed by atoms with E-state index in [0.717, 1.165) is 5.56 Å². The zero-order valence-corrected chi connectivity index (χ0v) is 9.27. The molecule has 2 rings (SSSR count). The molecule has 1 aliphatic rings. The Kier molecular flexibility index (Phi) is 3.54. The Morgan fingerprint density at radius 3 is 2.81 bits per heavy atom. The number of carbonyl (C=O) groups excluding carboxylic acids is 1. The fraction of sp³-hybridized carbons (Fsp3) is 0.417. The summed E-state index contributed by atoms with van der Waals surface area (Å²) in [4.78, 5) is 11.5. The van der Waals surface area contributed by atoms with Gasteiger partial charge in [-0.15, -0.1) is 0 Å². The molecule has 2 atom stereocenters. The zero-order valence-electron chi connectivity index (χ0n) is 9.27. The SMILES string of the molecule is COCC1CC(=O)NC(c2ccccc2)N1. The normalized spacial score (nSPS) is 25.2. The van der Waals surface area contributed by atoms with Crippen LogP contribution >= 0.6 is 0 Å². The molecule has 0 saturated carbocycles. The van der Waals surface area contributed by atoms with Crippen LogP contribution in [-0.4, -0.2) is 25.7 Å². The maximum Gasteiger partial charge on any atom is 0.223 e. The summed E-state index contributed by atoms with van der Waals surface area (Å²) in [6.45, 7) is 0.552. The molecule has 1 aromatic rings. The average Bonchev–Trinajstić information content (AvgIpc) is 2.30. The van der Waals surface area contributed by atoms with Gasteiger partial charge in [0, 0.05) is 19.6 Å². The van der Waals surface area contributed by atoms with E-state index >= 15 is 0 Å². The Morgan fingerprint density at radius 2 is 2.12 bits per heavy atom. The van der Waals surface area contributed by atoms with Gasteiger partial charge in [-0.2, -0.15) is 0 Å². The van der Waals surface area contributed by atoms with E-state index in [0.29, 0.717) is 13.0 Å². The lowest BCUT2D eigenvalue weighted by Crippen LogP contribution is -2.52. The summed E-state index contributed by atoms with van der Waals surface area (Å²) < 4.78 is 5.07. The first kappa shape index (κ1) is 11.1. The van der Waals surface area contributed by atoms with Gasteiger partial charge in [0.2, 0.25) is 5.91 Å². The lowest BCUT2D eigenvalue weighted by Gasteiger charge is -2.31. The van der Waals surface area contributed by atoms with Crippen LogP contribution in [0.2, 0.25) is 0 Å². The first-order valence-corrected chi connectivity index (χ1v) is 5.39. The van der Waals surface area contributed by atoms with Gasteiger partial charge in [-0.25, -0.2) is 0 Å². The van der Waals surface area contributed by atoms with Crippen LogP contribution in [0.4, 0.5) is 0 Å². The monoisotopic (exact) mass is 220 g/mol. The summed E-state index contributed by atoms with van der Waals surface area (Å²) >= 11 is 0. The summed E-state index contributed by atoms with van der Waals surface area (Å²) in [6, 6.07) is 9.96. The van der Waals surface area contributed by atoms with E-state index in [1.807, 2.05) is 30.3 Å². The van der Waals surface area contributed by atoms with Crippen LogP contribution in [0.5, 0.6) is 0 Å². The number of ether oxygens (including phenoxy) is 1. The number of hydrogen-bond donors (Lipinski definition) is 2. The van der Waals surface area contributed by atoms with Crippen molar-refractivity contribution in [1.82, 2.24) is 10.6 Å². The van der Waals surface area contributed by atoms with Crippen molar-refractivity contribution >= 4 is 5.91 Å². The standard InChI is InChI=1S/C12H16N2O2/c1-16-8-10-7-11(15)14-12(13-10)9-5-3-2-4-6-9/h2-6,10,12-13H,7-8H2,1H3,(H,14,15). The summed E-state index contributed by atoms with van der Waals surface area (Å²) in [7, 11) is 1.64. The van der Waals surface area contributed by atoms with Gasteiger partial charge in [0.25, 0.3) is 0 Å². The number of methoxy groups -OCH3 is 1. The maximum atomic E-state index is 11.5. The molecule has 1 saturated heterocycles. The molecule has 1 amide bonds. The molecule has 0 spiro atoms. The molecule has 1 aromatic carbocycles. The highest BCUT2D eigenvalue weighted by Crippen LogP contribution is 2.15. The highest BCUT2D eigenvalue weighted by molar-refractivity contribution is 5.78. The fourth-order valence-electron chi connectivity index (χ4n) is 1.91. The Labute approximate surface area is 95.0 Å². The second kappa shape index (κ2) is 5.09. The van der Waals surface area contributed by atoms with Crippen LogP contribution < -0.4 is 10.6 Å². The minimum Gasteiger partial charge on any atom is -0.383 e. The zero-order chi connectivity index (χ0) is 11.4. The van der Waals surface area contributed by atoms with Crippen molar-refractivity contribution in [2.45, 2.75) is 18.6 Å². The molecule has 0 bridgehead atoms. The van der Waals surface area contributed by atoms with Crippen molar-refractivity contribution < 1.29 is 9.53 Å². The van der Waals surface area contributed by atoms with E-state index < -0.39 is 0 Å². The molecule has 0 aliphatic carbocycles. The highest BCUT2D eigenvalue weighted by atomic mass is 16.5. The van der Waals surface area contributed by atoms with Gasteiger partial charge in [-0.05, 0) is 5.56 Å². The van der Waals surface area contributed by atoms with Gasteiger partial charge in [0.05, 0.1) is 6.61 Å². The number of hydrogen-bond acceptors (Lipinski definition) is 3. The van der Waals surface area contributed by atoms with Crippen LogP contribution in [-0.2, 0) is 9.53 Å². The molecule has 1 heterocycles. The Balaban J connectivity index is 2.07. The van der Waals surface area contributed by atoms with Gasteiger partial charge >= 0.3 is 0 Å². The Bertz CT molecular complexity index is 353. The van der Waals surface area contributed by atoms with Crippen molar-refractivity contribution in [3.05, 3.63) is 35.9 Å². The first-order valence-electron chi connectivity index (χ1n) is 5.39. The van der Waals surface area contributed by atoms with Gasteiger partial charge in [0.1, 0.15) is 6.17 Å². The third-order valence-corrected chi connectivity index (χ3v) is 2.64. The number of carbonyl (C=O) groups is 1. The lowest BCUT2D eigenvalue weighted by atomic mass is 10.1. The first-order chi connectivity index (χ1) is 7.79. The number of amides is 1. The predicted octanol–water partition coefficient (Wildman–Crippen LogP) is 0.810.